The number of sulfonamides is 1. The molecule has 0 amide bonds. The fourth-order valence-corrected chi connectivity index (χ4v) is 2.61. The molecule has 1 N–H and O–H groups in total. The van der Waals surface area contributed by atoms with Crippen molar-refractivity contribution in [2.45, 2.75) is 0 Å². The summed E-state index contributed by atoms with van der Waals surface area (Å²) in [6.07, 6.45) is 3.27. The van der Waals surface area contributed by atoms with Crippen LogP contribution in [0.15, 0.2) is 66.8 Å². The van der Waals surface area contributed by atoms with Crippen LogP contribution in [-0.4, -0.2) is 18.4 Å². The number of pyridine rings is 2. The number of hydrogen-bond donors (Lipinski definition) is 1. The zero-order valence-electron chi connectivity index (χ0n) is 11.6. The van der Waals surface area contributed by atoms with Gasteiger partial charge in [0.2, 0.25) is 0 Å². The molecule has 0 aliphatic rings. The molecule has 0 fully saturated rings. The molecule has 0 radical (unpaired) electrons. The average Bonchev–Trinajstić information content (AvgIpc) is 2.54. The van der Waals surface area contributed by atoms with Crippen molar-refractivity contribution in [3.8, 4) is 11.3 Å². The number of hydrogen-bond acceptors (Lipinski definition) is 4. The molecule has 2 aromatic heterocycles. The van der Waals surface area contributed by atoms with Gasteiger partial charge in [0.25, 0.3) is 10.0 Å². The van der Waals surface area contributed by atoms with Crippen LogP contribution in [0.1, 0.15) is 0 Å². The first kappa shape index (κ1) is 14.2. The van der Waals surface area contributed by atoms with Gasteiger partial charge in [-0.3, -0.25) is 14.7 Å². The first-order valence-corrected chi connectivity index (χ1v) is 8.08. The lowest BCUT2D eigenvalue weighted by atomic mass is 10.1. The van der Waals surface area contributed by atoms with Crippen molar-refractivity contribution < 1.29 is 8.42 Å². The maximum Gasteiger partial charge on any atom is 0.254 e. The Bertz CT molecular complexity index is 952. The third-order valence-electron chi connectivity index (χ3n) is 3.13. The van der Waals surface area contributed by atoms with Crippen LogP contribution in [0.3, 0.4) is 0 Å². The molecule has 22 heavy (non-hydrogen) atoms. The van der Waals surface area contributed by atoms with Crippen LogP contribution in [0.2, 0.25) is 0 Å². The molecule has 0 aliphatic carbocycles. The minimum Gasteiger partial charge on any atom is -0.280 e. The van der Waals surface area contributed by atoms with E-state index < -0.39 is 10.0 Å². The van der Waals surface area contributed by atoms with E-state index in [9.17, 15) is 8.42 Å². The third kappa shape index (κ3) is 2.96. The van der Waals surface area contributed by atoms with Gasteiger partial charge in [-0.15, -0.1) is 0 Å². The van der Waals surface area contributed by atoms with Gasteiger partial charge in [0, 0.05) is 28.8 Å². The largest absolute Gasteiger partial charge is 0.280 e. The lowest BCUT2D eigenvalue weighted by molar-refractivity contribution is 0.609. The molecule has 0 atom stereocenters. The SMILES string of the molecule is C=CS(=O)(=O)Nc1ccnc(-c2cnc3ccccc3c2)c1. The highest BCUT2D eigenvalue weighted by atomic mass is 32.2. The molecule has 0 saturated carbocycles. The lowest BCUT2D eigenvalue weighted by Crippen LogP contribution is -2.08. The monoisotopic (exact) mass is 311 g/mol. The zero-order chi connectivity index (χ0) is 15.6. The number of nitrogens with zero attached hydrogens (tertiary/aromatic N) is 2. The van der Waals surface area contributed by atoms with Crippen molar-refractivity contribution in [3.63, 3.8) is 0 Å². The van der Waals surface area contributed by atoms with E-state index >= 15 is 0 Å². The zero-order valence-corrected chi connectivity index (χ0v) is 12.4. The van der Waals surface area contributed by atoms with Gasteiger partial charge in [-0.05, 0) is 24.3 Å². The van der Waals surface area contributed by atoms with Crippen molar-refractivity contribution in [1.29, 1.82) is 0 Å². The summed E-state index contributed by atoms with van der Waals surface area (Å²) in [5, 5.41) is 1.86. The molecular formula is C16H13N3O2S. The summed E-state index contributed by atoms with van der Waals surface area (Å²) in [5.41, 5.74) is 2.79. The maximum atomic E-state index is 11.5. The molecule has 0 unspecified atom stereocenters. The molecule has 2 heterocycles. The van der Waals surface area contributed by atoms with Crippen molar-refractivity contribution in [1.82, 2.24) is 9.97 Å². The number of aromatic nitrogens is 2. The predicted molar refractivity (Wildman–Crippen MR) is 87.7 cm³/mol. The van der Waals surface area contributed by atoms with Gasteiger partial charge in [0.1, 0.15) is 0 Å². The summed E-state index contributed by atoms with van der Waals surface area (Å²) in [7, 11) is -3.54. The normalized spacial score (nSPS) is 11.3. The number of benzene rings is 1. The van der Waals surface area contributed by atoms with Crippen molar-refractivity contribution in [3.05, 3.63) is 66.8 Å². The number of anilines is 1. The Morgan fingerprint density at radius 2 is 1.91 bits per heavy atom. The summed E-state index contributed by atoms with van der Waals surface area (Å²) < 4.78 is 25.5. The predicted octanol–water partition coefficient (Wildman–Crippen LogP) is 3.18. The first-order chi connectivity index (χ1) is 10.6. The van der Waals surface area contributed by atoms with Crippen LogP contribution in [0, 0.1) is 0 Å². The van der Waals surface area contributed by atoms with E-state index in [0.717, 1.165) is 21.9 Å². The van der Waals surface area contributed by atoms with Gasteiger partial charge in [-0.2, -0.15) is 0 Å². The van der Waals surface area contributed by atoms with Gasteiger partial charge in [0.15, 0.2) is 0 Å². The summed E-state index contributed by atoms with van der Waals surface area (Å²) in [5.74, 6) is 0. The number of fused-ring (bicyclic) bond motifs is 1. The Balaban J connectivity index is 2.01. The number of nitrogens with one attached hydrogen (secondary N) is 1. The fraction of sp³-hybridized carbons (Fsp3) is 0. The van der Waals surface area contributed by atoms with Crippen molar-refractivity contribution in [2.75, 3.05) is 4.72 Å². The van der Waals surface area contributed by atoms with E-state index in [1.165, 1.54) is 0 Å². The summed E-state index contributed by atoms with van der Waals surface area (Å²) in [6.45, 7) is 3.27. The van der Waals surface area contributed by atoms with E-state index in [2.05, 4.69) is 21.3 Å². The van der Waals surface area contributed by atoms with Gasteiger partial charge < -0.3 is 0 Å². The quantitative estimate of drug-likeness (QED) is 0.803. The maximum absolute atomic E-state index is 11.5. The van der Waals surface area contributed by atoms with Gasteiger partial charge in [0.05, 0.1) is 16.9 Å². The van der Waals surface area contributed by atoms with Crippen LogP contribution < -0.4 is 4.72 Å². The second-order valence-electron chi connectivity index (χ2n) is 4.66. The van der Waals surface area contributed by atoms with Gasteiger partial charge in [-0.1, -0.05) is 24.8 Å². The summed E-state index contributed by atoms with van der Waals surface area (Å²) >= 11 is 0. The Labute approximate surface area is 128 Å². The Morgan fingerprint density at radius 3 is 2.73 bits per heavy atom. The second kappa shape index (κ2) is 5.57. The number of para-hydroxylation sites is 1. The second-order valence-corrected chi connectivity index (χ2v) is 6.29. The molecule has 3 rings (SSSR count). The minimum atomic E-state index is -3.54. The molecule has 1 aromatic carbocycles. The summed E-state index contributed by atoms with van der Waals surface area (Å²) in [4.78, 5) is 8.65. The molecule has 0 saturated heterocycles. The van der Waals surface area contributed by atoms with Crippen LogP contribution in [0.5, 0.6) is 0 Å². The van der Waals surface area contributed by atoms with E-state index in [-0.39, 0.29) is 0 Å². The van der Waals surface area contributed by atoms with Crippen LogP contribution >= 0.6 is 0 Å². The highest BCUT2D eigenvalue weighted by Crippen LogP contribution is 2.23. The van der Waals surface area contributed by atoms with E-state index in [4.69, 9.17) is 0 Å². The molecule has 6 heteroatoms. The van der Waals surface area contributed by atoms with Crippen LogP contribution in [0.4, 0.5) is 5.69 Å². The van der Waals surface area contributed by atoms with Gasteiger partial charge in [-0.25, -0.2) is 8.42 Å². The molecule has 0 bridgehead atoms. The van der Waals surface area contributed by atoms with Gasteiger partial charge >= 0.3 is 0 Å². The average molecular weight is 311 g/mol. The van der Waals surface area contributed by atoms with E-state index in [1.54, 1.807) is 24.5 Å². The van der Waals surface area contributed by atoms with E-state index in [1.807, 2.05) is 30.3 Å². The molecular weight excluding hydrogens is 298 g/mol. The topological polar surface area (TPSA) is 72.0 Å². The Hall–Kier alpha value is -2.73. The molecule has 0 spiro atoms. The van der Waals surface area contributed by atoms with Crippen LogP contribution in [0.25, 0.3) is 22.2 Å². The Morgan fingerprint density at radius 1 is 1.09 bits per heavy atom. The summed E-state index contributed by atoms with van der Waals surface area (Å²) in [6, 6.07) is 13.0. The third-order valence-corrected chi connectivity index (χ3v) is 4.08. The van der Waals surface area contributed by atoms with Crippen LogP contribution in [-0.2, 0) is 10.0 Å². The highest BCUT2D eigenvalue weighted by molar-refractivity contribution is 7.95. The fourth-order valence-electron chi connectivity index (χ4n) is 2.07. The van der Waals surface area contributed by atoms with Crippen molar-refractivity contribution >= 4 is 26.6 Å². The van der Waals surface area contributed by atoms with Crippen molar-refractivity contribution in [2.24, 2.45) is 0 Å². The molecule has 5 nitrogen and oxygen atoms in total. The van der Waals surface area contributed by atoms with E-state index in [0.29, 0.717) is 11.4 Å². The molecule has 3 aromatic rings. The number of rotatable bonds is 4. The highest BCUT2D eigenvalue weighted by Gasteiger charge is 2.07. The lowest BCUT2D eigenvalue weighted by Gasteiger charge is -2.07. The minimum absolute atomic E-state index is 0.429. The first-order valence-electron chi connectivity index (χ1n) is 6.54. The molecule has 110 valence electrons. The molecule has 0 aliphatic heterocycles. The smallest absolute Gasteiger partial charge is 0.254 e. The standard InChI is InChI=1S/C16H13N3O2S/c1-2-22(20,21)19-14-7-8-17-16(10-14)13-9-12-5-3-4-6-15(12)18-11-13/h2-11H,1H2,(H,17,19). The Kier molecular flexibility index (Phi) is 3.60.